The lowest BCUT2D eigenvalue weighted by molar-refractivity contribution is -0.133. The number of fused-ring (bicyclic) bond motifs is 2. The van der Waals surface area contributed by atoms with Gasteiger partial charge in [0.1, 0.15) is 5.54 Å². The molecular formula is C22H25N3O2. The number of nitrogens with one attached hydrogen (secondary N) is 1. The lowest BCUT2D eigenvalue weighted by Crippen LogP contribution is -2.47. The molecule has 2 aliphatic rings. The van der Waals surface area contributed by atoms with E-state index in [0.29, 0.717) is 13.0 Å². The SMILES string of the molecule is Cc1ccccc1CN(C)CN1C(=O)N[C@]2(CCCc3ccccc32)C1=O. The van der Waals surface area contributed by atoms with E-state index in [0.717, 1.165) is 24.0 Å². The van der Waals surface area contributed by atoms with Gasteiger partial charge in [-0.15, -0.1) is 0 Å². The Bertz CT molecular complexity index is 895. The molecule has 0 saturated carbocycles. The summed E-state index contributed by atoms with van der Waals surface area (Å²) in [7, 11) is 1.94. The molecule has 1 aliphatic carbocycles. The Balaban J connectivity index is 1.55. The molecule has 0 aromatic heterocycles. The van der Waals surface area contributed by atoms with Crippen LogP contribution in [0.2, 0.25) is 0 Å². The highest BCUT2D eigenvalue weighted by Crippen LogP contribution is 2.39. The van der Waals surface area contributed by atoms with Crippen LogP contribution < -0.4 is 5.32 Å². The molecule has 4 rings (SSSR count). The van der Waals surface area contributed by atoms with Crippen LogP contribution in [-0.2, 0) is 23.3 Å². The van der Waals surface area contributed by atoms with Crippen molar-refractivity contribution in [1.29, 1.82) is 0 Å². The van der Waals surface area contributed by atoms with Gasteiger partial charge in [-0.25, -0.2) is 9.69 Å². The van der Waals surface area contributed by atoms with E-state index >= 15 is 0 Å². The van der Waals surface area contributed by atoms with Crippen molar-refractivity contribution >= 4 is 11.9 Å². The molecule has 140 valence electrons. The molecule has 1 spiro atoms. The third kappa shape index (κ3) is 3.02. The third-order valence-corrected chi connectivity index (χ3v) is 5.74. The van der Waals surface area contributed by atoms with Crippen LogP contribution >= 0.6 is 0 Å². The van der Waals surface area contributed by atoms with Gasteiger partial charge in [-0.3, -0.25) is 9.69 Å². The van der Waals surface area contributed by atoms with Gasteiger partial charge in [-0.1, -0.05) is 48.5 Å². The number of aryl methyl sites for hydroxylation is 2. The molecule has 0 bridgehead atoms. The van der Waals surface area contributed by atoms with Crippen molar-refractivity contribution in [1.82, 2.24) is 15.1 Å². The molecule has 0 unspecified atom stereocenters. The van der Waals surface area contributed by atoms with Crippen molar-refractivity contribution in [2.75, 3.05) is 13.7 Å². The number of amides is 3. The largest absolute Gasteiger partial charge is 0.326 e. The van der Waals surface area contributed by atoms with Crippen LogP contribution in [0.25, 0.3) is 0 Å². The third-order valence-electron chi connectivity index (χ3n) is 5.74. The van der Waals surface area contributed by atoms with Crippen molar-refractivity contribution in [2.45, 2.75) is 38.3 Å². The average molecular weight is 363 g/mol. The van der Waals surface area contributed by atoms with E-state index in [4.69, 9.17) is 0 Å². The van der Waals surface area contributed by atoms with Crippen molar-refractivity contribution in [3.63, 3.8) is 0 Å². The fourth-order valence-electron chi connectivity index (χ4n) is 4.31. The van der Waals surface area contributed by atoms with E-state index in [-0.39, 0.29) is 18.6 Å². The Morgan fingerprint density at radius 1 is 1.11 bits per heavy atom. The van der Waals surface area contributed by atoms with Crippen LogP contribution in [0.15, 0.2) is 48.5 Å². The predicted octanol–water partition coefficient (Wildman–Crippen LogP) is 3.17. The predicted molar refractivity (Wildman–Crippen MR) is 104 cm³/mol. The van der Waals surface area contributed by atoms with Gasteiger partial charge in [-0.05, 0) is 55.5 Å². The summed E-state index contributed by atoms with van der Waals surface area (Å²) in [4.78, 5) is 29.4. The maximum atomic E-state index is 13.3. The number of hydrogen-bond donors (Lipinski definition) is 1. The molecule has 0 radical (unpaired) electrons. The molecule has 3 amide bonds. The number of benzene rings is 2. The van der Waals surface area contributed by atoms with Crippen molar-refractivity contribution in [2.24, 2.45) is 0 Å². The molecular weight excluding hydrogens is 338 g/mol. The smallest absolute Gasteiger partial charge is 0.319 e. The zero-order valence-electron chi connectivity index (χ0n) is 15.9. The first-order valence-corrected chi connectivity index (χ1v) is 9.47. The second-order valence-corrected chi connectivity index (χ2v) is 7.66. The molecule has 5 heteroatoms. The highest BCUT2D eigenvalue weighted by atomic mass is 16.2. The summed E-state index contributed by atoms with van der Waals surface area (Å²) < 4.78 is 0. The van der Waals surface area contributed by atoms with E-state index in [1.165, 1.54) is 16.0 Å². The Kier molecular flexibility index (Phi) is 4.48. The molecule has 1 N–H and O–H groups in total. The van der Waals surface area contributed by atoms with Gasteiger partial charge >= 0.3 is 6.03 Å². The van der Waals surface area contributed by atoms with E-state index in [1.807, 2.05) is 42.3 Å². The summed E-state index contributed by atoms with van der Waals surface area (Å²) in [6.07, 6.45) is 2.51. The Labute approximate surface area is 160 Å². The second kappa shape index (κ2) is 6.82. The normalized spacial score (nSPS) is 21.7. The molecule has 1 saturated heterocycles. The first-order chi connectivity index (χ1) is 13.0. The summed E-state index contributed by atoms with van der Waals surface area (Å²) in [6.45, 7) is 3.04. The molecule has 1 atom stereocenters. The van der Waals surface area contributed by atoms with Crippen LogP contribution in [-0.4, -0.2) is 35.5 Å². The highest BCUT2D eigenvalue weighted by molar-refractivity contribution is 6.07. The van der Waals surface area contributed by atoms with Gasteiger partial charge < -0.3 is 5.32 Å². The summed E-state index contributed by atoms with van der Waals surface area (Å²) >= 11 is 0. The summed E-state index contributed by atoms with van der Waals surface area (Å²) in [5.74, 6) is -0.128. The number of rotatable bonds is 4. The zero-order valence-corrected chi connectivity index (χ0v) is 15.9. The Hall–Kier alpha value is -2.66. The maximum Gasteiger partial charge on any atom is 0.326 e. The summed E-state index contributed by atoms with van der Waals surface area (Å²) in [5.41, 5.74) is 3.63. The average Bonchev–Trinajstić information content (AvgIpc) is 2.89. The van der Waals surface area contributed by atoms with Crippen molar-refractivity contribution < 1.29 is 9.59 Å². The van der Waals surface area contributed by atoms with Crippen LogP contribution in [0.1, 0.15) is 35.1 Å². The molecule has 27 heavy (non-hydrogen) atoms. The minimum Gasteiger partial charge on any atom is -0.319 e. The van der Waals surface area contributed by atoms with E-state index in [1.54, 1.807) is 0 Å². The van der Waals surface area contributed by atoms with Crippen molar-refractivity contribution in [3.05, 3.63) is 70.8 Å². The number of imide groups is 1. The fourth-order valence-corrected chi connectivity index (χ4v) is 4.31. The topological polar surface area (TPSA) is 52.6 Å². The Morgan fingerprint density at radius 3 is 2.67 bits per heavy atom. The fraction of sp³-hybridized carbons (Fsp3) is 0.364. The lowest BCUT2D eigenvalue weighted by Gasteiger charge is -2.33. The van der Waals surface area contributed by atoms with Gasteiger partial charge in [0.15, 0.2) is 0 Å². The van der Waals surface area contributed by atoms with Crippen LogP contribution in [0.3, 0.4) is 0 Å². The maximum absolute atomic E-state index is 13.3. The first-order valence-electron chi connectivity index (χ1n) is 9.47. The lowest BCUT2D eigenvalue weighted by atomic mass is 9.76. The standard InChI is InChI=1S/C22H25N3O2/c1-16-8-3-4-10-18(16)14-24(2)15-25-20(26)22(23-21(25)27)13-7-11-17-9-5-6-12-19(17)22/h3-6,8-10,12H,7,11,13-15H2,1-2H3,(H,23,27)/t22-/m0/s1. The highest BCUT2D eigenvalue weighted by Gasteiger charge is 2.53. The number of carbonyl (C=O) groups excluding carboxylic acids is 2. The molecule has 2 aromatic carbocycles. The quantitative estimate of drug-likeness (QED) is 0.849. The van der Waals surface area contributed by atoms with Gasteiger partial charge in [0.05, 0.1) is 6.67 Å². The van der Waals surface area contributed by atoms with Crippen LogP contribution in [0.5, 0.6) is 0 Å². The molecule has 2 aromatic rings. The van der Waals surface area contributed by atoms with Crippen LogP contribution in [0.4, 0.5) is 4.79 Å². The van der Waals surface area contributed by atoms with Gasteiger partial charge in [0, 0.05) is 6.54 Å². The number of urea groups is 1. The number of nitrogens with zero attached hydrogens (tertiary/aromatic N) is 2. The zero-order chi connectivity index (χ0) is 19.0. The van der Waals surface area contributed by atoms with Gasteiger partial charge in [0.25, 0.3) is 5.91 Å². The van der Waals surface area contributed by atoms with Crippen molar-refractivity contribution in [3.8, 4) is 0 Å². The van der Waals surface area contributed by atoms with Gasteiger partial charge in [0.2, 0.25) is 0 Å². The molecule has 1 fully saturated rings. The minimum atomic E-state index is -0.893. The Morgan fingerprint density at radius 2 is 1.85 bits per heavy atom. The summed E-state index contributed by atoms with van der Waals surface area (Å²) in [6, 6.07) is 15.9. The molecule has 1 aliphatic heterocycles. The number of carbonyl (C=O) groups is 2. The molecule has 1 heterocycles. The van der Waals surface area contributed by atoms with E-state index in [2.05, 4.69) is 30.4 Å². The second-order valence-electron chi connectivity index (χ2n) is 7.66. The van der Waals surface area contributed by atoms with Crippen LogP contribution in [0, 0.1) is 6.92 Å². The monoisotopic (exact) mass is 363 g/mol. The van der Waals surface area contributed by atoms with E-state index < -0.39 is 5.54 Å². The summed E-state index contributed by atoms with van der Waals surface area (Å²) in [5, 5.41) is 3.02. The van der Waals surface area contributed by atoms with Gasteiger partial charge in [-0.2, -0.15) is 0 Å². The minimum absolute atomic E-state index is 0.128. The first kappa shape index (κ1) is 17.7. The van der Waals surface area contributed by atoms with E-state index in [9.17, 15) is 9.59 Å². The molecule has 5 nitrogen and oxygen atoms in total. The number of hydrogen-bond acceptors (Lipinski definition) is 3.